The van der Waals surface area contributed by atoms with Crippen LogP contribution in [0.3, 0.4) is 0 Å². The Bertz CT molecular complexity index is 1190. The molecule has 1 aromatic carbocycles. The van der Waals surface area contributed by atoms with Crippen molar-refractivity contribution in [2.45, 2.75) is 39.0 Å². The molecule has 2 N–H and O–H groups in total. The average Bonchev–Trinajstić information content (AvgIpc) is 3.54. The first-order valence-corrected chi connectivity index (χ1v) is 11.7. The van der Waals surface area contributed by atoms with Gasteiger partial charge in [-0.25, -0.2) is 4.79 Å². The van der Waals surface area contributed by atoms with E-state index in [1.165, 1.54) is 14.0 Å². The highest BCUT2D eigenvalue weighted by Gasteiger charge is 2.29. The summed E-state index contributed by atoms with van der Waals surface area (Å²) in [5.74, 6) is -0.236. The van der Waals surface area contributed by atoms with Crippen molar-refractivity contribution in [2.75, 3.05) is 23.9 Å². The standard InChI is InChI=1S/C26H29N5O4/c1-17(32)31(16-18-6-7-18)24-11-8-20(12-22(24)26(34)35-2)23-10-9-21(15-27-23)30-25(33)5-3-4-19-13-28-29-14-19/h8-15,18H,3-7,16H2,1-2H3,(H,28,29)(H,30,33). The Kier molecular flexibility index (Phi) is 7.54. The molecule has 3 aromatic rings. The summed E-state index contributed by atoms with van der Waals surface area (Å²) in [5.41, 5.74) is 3.87. The lowest BCUT2D eigenvalue weighted by Crippen LogP contribution is -2.32. The molecule has 0 unspecified atom stereocenters. The number of ether oxygens (including phenoxy) is 1. The van der Waals surface area contributed by atoms with Crippen molar-refractivity contribution < 1.29 is 19.1 Å². The molecule has 1 aliphatic carbocycles. The number of benzene rings is 1. The van der Waals surface area contributed by atoms with Gasteiger partial charge in [-0.05, 0) is 61.4 Å². The van der Waals surface area contributed by atoms with E-state index in [0.717, 1.165) is 31.2 Å². The van der Waals surface area contributed by atoms with Crippen LogP contribution in [-0.4, -0.2) is 46.6 Å². The lowest BCUT2D eigenvalue weighted by atomic mass is 10.0. The summed E-state index contributed by atoms with van der Waals surface area (Å²) >= 11 is 0. The molecule has 35 heavy (non-hydrogen) atoms. The molecule has 9 heteroatoms. The zero-order valence-corrected chi connectivity index (χ0v) is 19.9. The third-order valence-corrected chi connectivity index (χ3v) is 5.98. The van der Waals surface area contributed by atoms with Crippen LogP contribution in [-0.2, 0) is 20.7 Å². The first-order chi connectivity index (χ1) is 16.9. The molecule has 1 saturated carbocycles. The second-order valence-electron chi connectivity index (χ2n) is 8.74. The zero-order valence-electron chi connectivity index (χ0n) is 19.9. The van der Waals surface area contributed by atoms with E-state index in [9.17, 15) is 14.4 Å². The Morgan fingerprint density at radius 3 is 2.63 bits per heavy atom. The fraction of sp³-hybridized carbons (Fsp3) is 0.346. The Balaban J connectivity index is 1.45. The van der Waals surface area contributed by atoms with Crippen LogP contribution in [0.15, 0.2) is 48.9 Å². The molecule has 1 fully saturated rings. The number of pyridine rings is 1. The number of aryl methyl sites for hydroxylation is 1. The number of carbonyl (C=O) groups excluding carboxylic acids is 3. The lowest BCUT2D eigenvalue weighted by Gasteiger charge is -2.23. The molecule has 2 amide bonds. The number of nitrogens with one attached hydrogen (secondary N) is 2. The highest BCUT2D eigenvalue weighted by Crippen LogP contribution is 2.34. The highest BCUT2D eigenvalue weighted by molar-refractivity contribution is 6.03. The van der Waals surface area contributed by atoms with Crippen molar-refractivity contribution in [3.63, 3.8) is 0 Å². The van der Waals surface area contributed by atoms with E-state index in [0.29, 0.717) is 47.1 Å². The van der Waals surface area contributed by atoms with Crippen LogP contribution in [0.5, 0.6) is 0 Å². The Labute approximate surface area is 203 Å². The van der Waals surface area contributed by atoms with Gasteiger partial charge in [0.05, 0.1) is 42.1 Å². The van der Waals surface area contributed by atoms with E-state index < -0.39 is 5.97 Å². The maximum absolute atomic E-state index is 12.5. The fourth-order valence-corrected chi connectivity index (χ4v) is 3.89. The second-order valence-corrected chi connectivity index (χ2v) is 8.74. The van der Waals surface area contributed by atoms with Crippen molar-refractivity contribution in [2.24, 2.45) is 5.92 Å². The monoisotopic (exact) mass is 475 g/mol. The molecule has 1 aliphatic rings. The maximum atomic E-state index is 12.5. The normalized spacial score (nSPS) is 12.7. The number of amides is 2. The number of hydrogen-bond donors (Lipinski definition) is 2. The predicted octanol–water partition coefficient (Wildman–Crippen LogP) is 3.98. The molecular formula is C26H29N5O4. The number of nitrogens with zero attached hydrogens (tertiary/aromatic N) is 3. The molecule has 4 rings (SSSR count). The van der Waals surface area contributed by atoms with Crippen LogP contribution in [0.2, 0.25) is 0 Å². The van der Waals surface area contributed by atoms with Crippen LogP contribution in [0, 0.1) is 5.92 Å². The van der Waals surface area contributed by atoms with Crippen molar-refractivity contribution in [1.82, 2.24) is 15.2 Å². The topological polar surface area (TPSA) is 117 Å². The molecule has 0 aliphatic heterocycles. The fourth-order valence-electron chi connectivity index (χ4n) is 3.89. The van der Waals surface area contributed by atoms with Crippen molar-refractivity contribution in [3.05, 3.63) is 60.0 Å². The molecule has 0 saturated heterocycles. The van der Waals surface area contributed by atoms with Crippen molar-refractivity contribution in [3.8, 4) is 11.3 Å². The third kappa shape index (κ3) is 6.32. The molecule has 9 nitrogen and oxygen atoms in total. The van der Waals surface area contributed by atoms with E-state index in [1.807, 2.05) is 12.3 Å². The van der Waals surface area contributed by atoms with E-state index in [-0.39, 0.29) is 11.8 Å². The minimum Gasteiger partial charge on any atom is -0.465 e. The summed E-state index contributed by atoms with van der Waals surface area (Å²) in [6.07, 6.45) is 9.24. The number of hydrogen-bond acceptors (Lipinski definition) is 6. The molecule has 0 spiro atoms. The van der Waals surface area contributed by atoms with E-state index >= 15 is 0 Å². The van der Waals surface area contributed by atoms with E-state index in [1.54, 1.807) is 41.6 Å². The Hall–Kier alpha value is -4.01. The Morgan fingerprint density at radius 1 is 1.17 bits per heavy atom. The summed E-state index contributed by atoms with van der Waals surface area (Å²) in [6.45, 7) is 2.09. The van der Waals surface area contributed by atoms with Crippen LogP contribution in [0.4, 0.5) is 11.4 Å². The summed E-state index contributed by atoms with van der Waals surface area (Å²) < 4.78 is 4.99. The number of esters is 1. The van der Waals surface area contributed by atoms with Gasteiger partial charge in [0.25, 0.3) is 0 Å². The van der Waals surface area contributed by atoms with Gasteiger partial charge in [0, 0.05) is 31.6 Å². The summed E-state index contributed by atoms with van der Waals surface area (Å²) in [5, 5.41) is 9.52. The number of carbonyl (C=O) groups is 3. The highest BCUT2D eigenvalue weighted by atomic mass is 16.5. The average molecular weight is 476 g/mol. The maximum Gasteiger partial charge on any atom is 0.340 e. The Morgan fingerprint density at radius 2 is 2.00 bits per heavy atom. The van der Waals surface area contributed by atoms with E-state index in [4.69, 9.17) is 4.74 Å². The summed E-state index contributed by atoms with van der Waals surface area (Å²) in [4.78, 5) is 43.2. The lowest BCUT2D eigenvalue weighted by molar-refractivity contribution is -0.117. The number of aromatic amines is 1. The number of H-pyrrole nitrogens is 1. The molecule has 0 bridgehead atoms. The van der Waals surface area contributed by atoms with Gasteiger partial charge in [0.1, 0.15) is 0 Å². The summed E-state index contributed by atoms with van der Waals surface area (Å²) in [6, 6.07) is 8.85. The van der Waals surface area contributed by atoms with Gasteiger partial charge in [-0.1, -0.05) is 6.07 Å². The van der Waals surface area contributed by atoms with E-state index in [2.05, 4.69) is 20.5 Å². The molecule has 182 valence electrons. The van der Waals surface area contributed by atoms with Crippen molar-refractivity contribution in [1.29, 1.82) is 0 Å². The van der Waals surface area contributed by atoms with Gasteiger partial charge in [-0.3, -0.25) is 19.7 Å². The largest absolute Gasteiger partial charge is 0.465 e. The number of rotatable bonds is 10. The molecule has 0 atom stereocenters. The number of aromatic nitrogens is 3. The first kappa shape index (κ1) is 24.1. The van der Waals surface area contributed by atoms with Crippen molar-refractivity contribution >= 4 is 29.2 Å². The van der Waals surface area contributed by atoms with Gasteiger partial charge in [0.2, 0.25) is 11.8 Å². The predicted molar refractivity (Wildman–Crippen MR) is 132 cm³/mol. The van der Waals surface area contributed by atoms with Gasteiger partial charge >= 0.3 is 5.97 Å². The second kappa shape index (κ2) is 10.9. The minimum absolute atomic E-state index is 0.0830. The molecule has 2 heterocycles. The van der Waals surface area contributed by atoms with Crippen LogP contribution >= 0.6 is 0 Å². The molecule has 2 aromatic heterocycles. The zero-order chi connectivity index (χ0) is 24.8. The first-order valence-electron chi connectivity index (χ1n) is 11.7. The minimum atomic E-state index is -0.511. The van der Waals surface area contributed by atoms with Gasteiger partial charge < -0.3 is 15.0 Å². The smallest absolute Gasteiger partial charge is 0.340 e. The third-order valence-electron chi connectivity index (χ3n) is 5.98. The van der Waals surface area contributed by atoms with Gasteiger partial charge in [-0.15, -0.1) is 0 Å². The van der Waals surface area contributed by atoms with Gasteiger partial charge in [-0.2, -0.15) is 5.10 Å². The summed E-state index contributed by atoms with van der Waals surface area (Å²) in [7, 11) is 1.32. The van der Waals surface area contributed by atoms with Crippen LogP contribution in [0.1, 0.15) is 48.5 Å². The molecular weight excluding hydrogens is 446 g/mol. The molecule has 0 radical (unpaired) electrons. The van der Waals surface area contributed by atoms with Crippen LogP contribution in [0.25, 0.3) is 11.3 Å². The number of methoxy groups -OCH3 is 1. The number of anilines is 2. The SMILES string of the molecule is COC(=O)c1cc(-c2ccc(NC(=O)CCCc3cn[nH]c3)cn2)ccc1N(CC1CC1)C(C)=O. The quantitative estimate of drug-likeness (QED) is 0.428. The van der Waals surface area contributed by atoms with Crippen LogP contribution < -0.4 is 10.2 Å². The van der Waals surface area contributed by atoms with Gasteiger partial charge in [0.15, 0.2) is 0 Å².